The van der Waals surface area contributed by atoms with Crippen LogP contribution in [0.3, 0.4) is 0 Å². The fraction of sp³-hybridized carbons (Fsp3) is 0.235. The van der Waals surface area contributed by atoms with Gasteiger partial charge in [0.25, 0.3) is 0 Å². The highest BCUT2D eigenvalue weighted by molar-refractivity contribution is 9.10. The van der Waals surface area contributed by atoms with Crippen LogP contribution >= 0.6 is 27.5 Å². The molecule has 122 valence electrons. The summed E-state index contributed by atoms with van der Waals surface area (Å²) in [6.07, 6.45) is 0. The smallest absolute Gasteiger partial charge is 0.200 e. The van der Waals surface area contributed by atoms with Gasteiger partial charge in [-0.1, -0.05) is 27.5 Å². The second-order valence-electron chi connectivity index (χ2n) is 4.82. The molecule has 0 atom stereocenters. The molecule has 0 aliphatic heterocycles. The van der Waals surface area contributed by atoms with E-state index in [1.165, 1.54) is 7.11 Å². The van der Waals surface area contributed by atoms with Crippen LogP contribution in [0.2, 0.25) is 5.02 Å². The highest BCUT2D eigenvalue weighted by Gasteiger charge is 2.14. The van der Waals surface area contributed by atoms with Crippen LogP contribution in [0.25, 0.3) is 0 Å². The van der Waals surface area contributed by atoms with E-state index in [-0.39, 0.29) is 12.4 Å². The first-order valence-corrected chi connectivity index (χ1v) is 7.97. The lowest BCUT2D eigenvalue weighted by molar-refractivity contribution is 0.0921. The first kappa shape index (κ1) is 17.6. The summed E-state index contributed by atoms with van der Waals surface area (Å²) in [5, 5.41) is 0.456. The van der Waals surface area contributed by atoms with Crippen molar-refractivity contribution in [3.05, 3.63) is 51.0 Å². The van der Waals surface area contributed by atoms with Crippen molar-refractivity contribution >= 4 is 33.3 Å². The Morgan fingerprint density at radius 2 is 1.83 bits per heavy atom. The number of Topliss-reactive ketones (excluding diaryl/α,β-unsaturated/α-hetero) is 1. The maximum Gasteiger partial charge on any atom is 0.200 e. The summed E-state index contributed by atoms with van der Waals surface area (Å²) in [7, 11) is 3.06. The van der Waals surface area contributed by atoms with Gasteiger partial charge < -0.3 is 14.2 Å². The van der Waals surface area contributed by atoms with Crippen molar-refractivity contribution in [1.29, 1.82) is 0 Å². The first-order chi connectivity index (χ1) is 11.0. The molecule has 0 aromatic heterocycles. The standard InChI is InChI=1S/C17H16BrClO4/c1-10-6-12(18)8-13(19)17(10)23-9-14(20)11-4-5-15(21-2)16(7-11)22-3/h4-8H,9H2,1-3H3. The number of ketones is 1. The number of halogens is 2. The normalized spacial score (nSPS) is 10.3. The Morgan fingerprint density at radius 3 is 2.43 bits per heavy atom. The van der Waals surface area contributed by atoms with Gasteiger partial charge in [-0.05, 0) is 42.8 Å². The summed E-state index contributed by atoms with van der Waals surface area (Å²) in [6, 6.07) is 8.58. The zero-order valence-corrected chi connectivity index (χ0v) is 15.3. The number of rotatable bonds is 6. The summed E-state index contributed by atoms with van der Waals surface area (Å²) in [5.74, 6) is 1.39. The molecule has 4 nitrogen and oxygen atoms in total. The lowest BCUT2D eigenvalue weighted by Gasteiger charge is -2.12. The lowest BCUT2D eigenvalue weighted by Crippen LogP contribution is -2.12. The number of carbonyl (C=O) groups excluding carboxylic acids is 1. The molecule has 0 aliphatic carbocycles. The van der Waals surface area contributed by atoms with Crippen molar-refractivity contribution in [2.45, 2.75) is 6.92 Å². The largest absolute Gasteiger partial charge is 0.493 e. The number of carbonyl (C=O) groups is 1. The van der Waals surface area contributed by atoms with Gasteiger partial charge in [-0.2, -0.15) is 0 Å². The van der Waals surface area contributed by atoms with Crippen molar-refractivity contribution in [3.63, 3.8) is 0 Å². The molecule has 0 saturated heterocycles. The summed E-state index contributed by atoms with van der Waals surface area (Å²) in [6.45, 7) is 1.75. The van der Waals surface area contributed by atoms with Gasteiger partial charge in [-0.15, -0.1) is 0 Å². The third-order valence-electron chi connectivity index (χ3n) is 3.25. The maximum absolute atomic E-state index is 12.3. The van der Waals surface area contributed by atoms with E-state index in [2.05, 4.69) is 15.9 Å². The molecule has 0 saturated carbocycles. The molecular weight excluding hydrogens is 384 g/mol. The summed E-state index contributed by atoms with van der Waals surface area (Å²) < 4.78 is 16.8. The summed E-state index contributed by atoms with van der Waals surface area (Å²) >= 11 is 9.51. The maximum atomic E-state index is 12.3. The number of aryl methyl sites for hydroxylation is 1. The second kappa shape index (κ2) is 7.70. The van der Waals surface area contributed by atoms with Crippen molar-refractivity contribution in [2.24, 2.45) is 0 Å². The molecule has 0 bridgehead atoms. The van der Waals surface area contributed by atoms with Crippen molar-refractivity contribution in [2.75, 3.05) is 20.8 Å². The van der Waals surface area contributed by atoms with Crippen molar-refractivity contribution in [1.82, 2.24) is 0 Å². The minimum absolute atomic E-state index is 0.113. The lowest BCUT2D eigenvalue weighted by atomic mass is 10.1. The minimum atomic E-state index is -0.177. The molecule has 0 aliphatic rings. The van der Waals surface area contributed by atoms with Crippen LogP contribution in [0, 0.1) is 6.92 Å². The van der Waals surface area contributed by atoms with E-state index in [1.807, 2.05) is 13.0 Å². The molecule has 0 spiro atoms. The first-order valence-electron chi connectivity index (χ1n) is 6.80. The molecular formula is C17H16BrClO4. The molecule has 0 amide bonds. The molecule has 2 aromatic rings. The van der Waals surface area contributed by atoms with Crippen LogP contribution in [0.4, 0.5) is 0 Å². The average molecular weight is 400 g/mol. The molecule has 6 heteroatoms. The average Bonchev–Trinajstić information content (AvgIpc) is 2.52. The second-order valence-corrected chi connectivity index (χ2v) is 6.14. The summed E-state index contributed by atoms with van der Waals surface area (Å²) in [4.78, 5) is 12.3. The Hall–Kier alpha value is -1.72. The van der Waals surface area contributed by atoms with Gasteiger partial charge in [-0.3, -0.25) is 4.79 Å². The number of hydrogen-bond acceptors (Lipinski definition) is 4. The Balaban J connectivity index is 2.14. The van der Waals surface area contributed by atoms with Crippen LogP contribution in [-0.4, -0.2) is 26.6 Å². The third kappa shape index (κ3) is 4.18. The molecule has 2 rings (SSSR count). The van der Waals surface area contributed by atoms with Crippen LogP contribution in [0.15, 0.2) is 34.8 Å². The highest BCUT2D eigenvalue weighted by atomic mass is 79.9. The Kier molecular flexibility index (Phi) is 5.91. The quantitative estimate of drug-likeness (QED) is 0.661. The van der Waals surface area contributed by atoms with E-state index in [9.17, 15) is 4.79 Å². The molecule has 0 N–H and O–H groups in total. The molecule has 2 aromatic carbocycles. The fourth-order valence-electron chi connectivity index (χ4n) is 2.10. The van der Waals surface area contributed by atoms with E-state index in [1.54, 1.807) is 31.4 Å². The van der Waals surface area contributed by atoms with E-state index in [0.29, 0.717) is 27.8 Å². The fourth-order valence-corrected chi connectivity index (χ4v) is 3.13. The number of hydrogen-bond donors (Lipinski definition) is 0. The van der Waals surface area contributed by atoms with Gasteiger partial charge in [-0.25, -0.2) is 0 Å². The van der Waals surface area contributed by atoms with E-state index in [4.69, 9.17) is 25.8 Å². The number of benzene rings is 2. The van der Waals surface area contributed by atoms with Gasteiger partial charge in [0.2, 0.25) is 0 Å². The van der Waals surface area contributed by atoms with Crippen LogP contribution in [0.5, 0.6) is 17.2 Å². The van der Waals surface area contributed by atoms with Crippen molar-refractivity contribution in [3.8, 4) is 17.2 Å². The monoisotopic (exact) mass is 398 g/mol. The van der Waals surface area contributed by atoms with Crippen LogP contribution in [-0.2, 0) is 0 Å². The predicted octanol–water partition coefficient (Wildman–Crippen LogP) is 4.69. The highest BCUT2D eigenvalue weighted by Crippen LogP contribution is 2.32. The van der Waals surface area contributed by atoms with Crippen LogP contribution < -0.4 is 14.2 Å². The van der Waals surface area contributed by atoms with Gasteiger partial charge in [0.1, 0.15) is 5.75 Å². The van der Waals surface area contributed by atoms with Crippen molar-refractivity contribution < 1.29 is 19.0 Å². The molecule has 0 radical (unpaired) electrons. The van der Waals surface area contributed by atoms with Crippen LogP contribution in [0.1, 0.15) is 15.9 Å². The Morgan fingerprint density at radius 1 is 1.13 bits per heavy atom. The molecule has 0 fully saturated rings. The Labute approximate surface area is 148 Å². The SMILES string of the molecule is COc1ccc(C(=O)COc2c(C)cc(Br)cc2Cl)cc1OC. The minimum Gasteiger partial charge on any atom is -0.493 e. The molecule has 0 heterocycles. The third-order valence-corrected chi connectivity index (χ3v) is 3.99. The molecule has 23 heavy (non-hydrogen) atoms. The topological polar surface area (TPSA) is 44.8 Å². The predicted molar refractivity (Wildman–Crippen MR) is 93.3 cm³/mol. The van der Waals surface area contributed by atoms with E-state index < -0.39 is 0 Å². The van der Waals surface area contributed by atoms with E-state index in [0.717, 1.165) is 10.0 Å². The Bertz CT molecular complexity index is 708. The number of methoxy groups -OCH3 is 2. The zero-order valence-electron chi connectivity index (χ0n) is 13.0. The van der Waals surface area contributed by atoms with Gasteiger partial charge in [0.15, 0.2) is 23.9 Å². The van der Waals surface area contributed by atoms with E-state index >= 15 is 0 Å². The summed E-state index contributed by atoms with van der Waals surface area (Å²) in [5.41, 5.74) is 1.33. The molecule has 0 unspecified atom stereocenters. The number of ether oxygens (including phenoxy) is 3. The van der Waals surface area contributed by atoms with Gasteiger partial charge in [0.05, 0.1) is 19.2 Å². The van der Waals surface area contributed by atoms with Gasteiger partial charge in [0, 0.05) is 10.0 Å². The van der Waals surface area contributed by atoms with Gasteiger partial charge >= 0.3 is 0 Å². The zero-order chi connectivity index (χ0) is 17.0.